The molecule has 6 heteroatoms. The molecule has 118 valence electrons. The normalized spacial score (nSPS) is 13.2. The fraction of sp³-hybridized carbons (Fsp3) is 0.176. The number of ether oxygens (including phenoxy) is 1. The minimum atomic E-state index is -0.415. The second-order valence-corrected chi connectivity index (χ2v) is 5.11. The van der Waals surface area contributed by atoms with Crippen LogP contribution in [0.5, 0.6) is 5.75 Å². The van der Waals surface area contributed by atoms with E-state index in [1.807, 2.05) is 36.4 Å². The van der Waals surface area contributed by atoms with Gasteiger partial charge in [-0.2, -0.15) is 0 Å². The van der Waals surface area contributed by atoms with Crippen LogP contribution in [0.1, 0.15) is 6.42 Å². The van der Waals surface area contributed by atoms with Gasteiger partial charge in [0.05, 0.1) is 17.3 Å². The van der Waals surface area contributed by atoms with Crippen LogP contribution in [0.3, 0.4) is 0 Å². The molecule has 0 spiro atoms. The lowest BCUT2D eigenvalue weighted by molar-refractivity contribution is -0.114. The lowest BCUT2D eigenvalue weighted by atomic mass is 10.2. The summed E-state index contributed by atoms with van der Waals surface area (Å²) in [6, 6.07) is 7.46. The molecule has 0 saturated carbocycles. The molecule has 1 aromatic heterocycles. The van der Waals surface area contributed by atoms with Gasteiger partial charge in [-0.1, -0.05) is 12.2 Å². The molecule has 1 aliphatic rings. The highest BCUT2D eigenvalue weighted by Gasteiger charge is 2.07. The van der Waals surface area contributed by atoms with E-state index in [2.05, 4.69) is 9.97 Å². The summed E-state index contributed by atoms with van der Waals surface area (Å²) in [5, 5.41) is 10.4. The fourth-order valence-electron chi connectivity index (χ4n) is 2.33. The molecule has 0 unspecified atom stereocenters. The number of nitrogens with one attached hydrogen (secondary N) is 1. The summed E-state index contributed by atoms with van der Waals surface area (Å²) in [7, 11) is 0. The molecule has 0 bridgehead atoms. The lowest BCUT2D eigenvalue weighted by Gasteiger charge is -2.04. The van der Waals surface area contributed by atoms with Gasteiger partial charge in [-0.3, -0.25) is 4.79 Å². The number of aromatic amines is 1. The van der Waals surface area contributed by atoms with Gasteiger partial charge in [0.1, 0.15) is 18.2 Å². The first kappa shape index (κ1) is 15.1. The number of primary amides is 1. The highest BCUT2D eigenvalue weighted by atomic mass is 16.5. The molecule has 3 rings (SSSR count). The van der Waals surface area contributed by atoms with Crippen molar-refractivity contribution in [2.75, 3.05) is 13.2 Å². The van der Waals surface area contributed by atoms with Crippen molar-refractivity contribution in [3.63, 3.8) is 0 Å². The van der Waals surface area contributed by atoms with Crippen molar-refractivity contribution in [1.82, 2.24) is 9.97 Å². The number of aromatic nitrogens is 2. The molecule has 23 heavy (non-hydrogen) atoms. The molecule has 1 aliphatic carbocycles. The molecule has 0 radical (unpaired) electrons. The Hall–Kier alpha value is -2.86. The van der Waals surface area contributed by atoms with Crippen molar-refractivity contribution in [3.8, 4) is 17.1 Å². The number of amides is 1. The summed E-state index contributed by atoms with van der Waals surface area (Å²) < 4.78 is 5.33. The van der Waals surface area contributed by atoms with E-state index in [0.717, 1.165) is 22.1 Å². The molecule has 0 aliphatic heterocycles. The first-order valence-corrected chi connectivity index (χ1v) is 7.28. The topological polar surface area (TPSA) is 101 Å². The zero-order valence-electron chi connectivity index (χ0n) is 12.5. The van der Waals surface area contributed by atoms with E-state index in [9.17, 15) is 4.79 Å². The number of aliphatic hydroxyl groups is 1. The predicted molar refractivity (Wildman–Crippen MR) is 86.7 cm³/mol. The third-order valence-electron chi connectivity index (χ3n) is 3.53. The largest absolute Gasteiger partial charge is 0.491 e. The predicted octanol–water partition coefficient (Wildman–Crippen LogP) is -0.176. The van der Waals surface area contributed by atoms with E-state index < -0.39 is 5.91 Å². The Morgan fingerprint density at radius 2 is 2.09 bits per heavy atom. The number of allylic oxidation sites excluding steroid dienone is 1. The number of nitrogens with zero attached hydrogens (tertiary/aromatic N) is 1. The standard InChI is InChI=1S/C17H17N3O3/c18-16(22)11-3-7-14-15(8-4-11)20-17(19-14)12-1-5-13(6-2-12)23-10-9-21/h1-3,5-8,21H,4,9-10H2,(H2,18,22)(H,19,20). The minimum Gasteiger partial charge on any atom is -0.491 e. The lowest BCUT2D eigenvalue weighted by Crippen LogP contribution is -2.23. The first-order valence-electron chi connectivity index (χ1n) is 7.28. The minimum absolute atomic E-state index is 0.0147. The van der Waals surface area contributed by atoms with E-state index >= 15 is 0 Å². The Morgan fingerprint density at radius 1 is 1.30 bits per heavy atom. The summed E-state index contributed by atoms with van der Waals surface area (Å²) in [5.41, 5.74) is 6.79. The van der Waals surface area contributed by atoms with Gasteiger partial charge < -0.3 is 20.6 Å². The number of aliphatic hydroxyl groups excluding tert-OH is 1. The van der Waals surface area contributed by atoms with Gasteiger partial charge in [-0.05, 0) is 36.8 Å². The molecule has 2 aromatic rings. The van der Waals surface area contributed by atoms with Crippen LogP contribution in [0, 0.1) is 0 Å². The molecule has 0 saturated heterocycles. The maximum absolute atomic E-state index is 11.2. The highest BCUT2D eigenvalue weighted by Crippen LogP contribution is 2.18. The third kappa shape index (κ3) is 3.32. The molecule has 1 heterocycles. The summed E-state index contributed by atoms with van der Waals surface area (Å²) >= 11 is 0. The number of benzene rings is 1. The van der Waals surface area contributed by atoms with Crippen molar-refractivity contribution in [2.45, 2.75) is 6.42 Å². The van der Waals surface area contributed by atoms with Crippen LogP contribution in [0.25, 0.3) is 23.5 Å². The summed E-state index contributed by atoms with van der Waals surface area (Å²) in [6.45, 7) is 0.256. The number of hydrogen-bond acceptors (Lipinski definition) is 4. The quantitative estimate of drug-likeness (QED) is 0.713. The zero-order chi connectivity index (χ0) is 16.2. The van der Waals surface area contributed by atoms with Crippen molar-refractivity contribution < 1.29 is 14.6 Å². The highest BCUT2D eigenvalue weighted by molar-refractivity contribution is 5.94. The smallest absolute Gasteiger partial charge is 0.244 e. The van der Waals surface area contributed by atoms with Crippen molar-refractivity contribution in [1.29, 1.82) is 0 Å². The second kappa shape index (κ2) is 6.50. The molecule has 1 amide bonds. The number of fused-ring (bicyclic) bond motifs is 1. The van der Waals surface area contributed by atoms with Gasteiger partial charge in [0.2, 0.25) is 5.91 Å². The fourth-order valence-corrected chi connectivity index (χ4v) is 2.33. The summed E-state index contributed by atoms with van der Waals surface area (Å²) in [4.78, 5) is 19.0. The Balaban J connectivity index is 1.89. The first-order chi connectivity index (χ1) is 11.2. The molecular formula is C17H17N3O3. The van der Waals surface area contributed by atoms with E-state index in [4.69, 9.17) is 15.6 Å². The molecule has 1 aromatic carbocycles. The maximum atomic E-state index is 11.2. The number of rotatable bonds is 5. The average molecular weight is 311 g/mol. The number of carbonyl (C=O) groups is 1. The molecular weight excluding hydrogens is 294 g/mol. The number of nitrogens with two attached hydrogens (primary N) is 1. The molecule has 0 fully saturated rings. The van der Waals surface area contributed by atoms with Crippen LogP contribution in [0.2, 0.25) is 0 Å². The summed E-state index contributed by atoms with van der Waals surface area (Å²) in [5.74, 6) is 1.02. The molecule has 0 atom stereocenters. The zero-order valence-corrected chi connectivity index (χ0v) is 12.5. The summed E-state index contributed by atoms with van der Waals surface area (Å²) in [6.07, 6.45) is 5.89. The van der Waals surface area contributed by atoms with Crippen LogP contribution in [0.15, 0.2) is 35.9 Å². The van der Waals surface area contributed by atoms with E-state index in [1.54, 1.807) is 6.08 Å². The molecule has 6 nitrogen and oxygen atoms in total. The van der Waals surface area contributed by atoms with E-state index in [-0.39, 0.29) is 13.2 Å². The Kier molecular flexibility index (Phi) is 4.25. The SMILES string of the molecule is NC(=O)C1=CC=c2[nH]c(-c3ccc(OCCO)cc3)nc2=CC1. The second-order valence-electron chi connectivity index (χ2n) is 5.11. The Labute approximate surface area is 132 Å². The van der Waals surface area contributed by atoms with E-state index in [0.29, 0.717) is 17.7 Å². The maximum Gasteiger partial charge on any atom is 0.244 e. The number of H-pyrrole nitrogens is 1. The monoisotopic (exact) mass is 311 g/mol. The van der Waals surface area contributed by atoms with Crippen molar-refractivity contribution in [3.05, 3.63) is 46.6 Å². The van der Waals surface area contributed by atoms with Gasteiger partial charge in [0.15, 0.2) is 0 Å². The number of hydrogen-bond donors (Lipinski definition) is 3. The van der Waals surface area contributed by atoms with Crippen LogP contribution in [0.4, 0.5) is 0 Å². The van der Waals surface area contributed by atoms with Gasteiger partial charge >= 0.3 is 0 Å². The van der Waals surface area contributed by atoms with Crippen molar-refractivity contribution >= 4 is 18.1 Å². The van der Waals surface area contributed by atoms with Crippen LogP contribution >= 0.6 is 0 Å². The number of carbonyl (C=O) groups excluding carboxylic acids is 1. The van der Waals surface area contributed by atoms with Gasteiger partial charge in [0, 0.05) is 11.1 Å². The number of imidazole rings is 1. The third-order valence-corrected chi connectivity index (χ3v) is 3.53. The van der Waals surface area contributed by atoms with Crippen LogP contribution in [-0.4, -0.2) is 34.2 Å². The van der Waals surface area contributed by atoms with Crippen LogP contribution < -0.4 is 21.2 Å². The van der Waals surface area contributed by atoms with Gasteiger partial charge in [-0.25, -0.2) is 4.98 Å². The average Bonchev–Trinajstić information content (AvgIpc) is 2.86. The van der Waals surface area contributed by atoms with Crippen LogP contribution in [-0.2, 0) is 4.79 Å². The Bertz CT molecular complexity index is 863. The Morgan fingerprint density at radius 3 is 2.78 bits per heavy atom. The molecule has 4 N–H and O–H groups in total. The van der Waals surface area contributed by atoms with Gasteiger partial charge in [0.25, 0.3) is 0 Å². The van der Waals surface area contributed by atoms with E-state index in [1.165, 1.54) is 0 Å². The van der Waals surface area contributed by atoms with Crippen molar-refractivity contribution in [2.24, 2.45) is 5.73 Å². The van der Waals surface area contributed by atoms with Gasteiger partial charge in [-0.15, -0.1) is 0 Å².